The van der Waals surface area contributed by atoms with Gasteiger partial charge in [-0.05, 0) is 26.2 Å². The molecule has 1 aromatic rings. The topological polar surface area (TPSA) is 62.3 Å². The monoisotopic (exact) mass is 349 g/mol. The third kappa shape index (κ3) is 5.49. The summed E-state index contributed by atoms with van der Waals surface area (Å²) in [5, 5.41) is 5.40. The standard InChI is InChI=1S/C14H18F3N3O2S/c1-9-7-23-12(18-9)4-2-3-11(21)19-10-5-6-20(13(10)22)8-14(15,16)17/h7,10H,2-6,8H2,1H3,(H,19,21)/t10-/m0/s1. The molecule has 0 spiro atoms. The van der Waals surface area contributed by atoms with Crippen LogP contribution in [0.3, 0.4) is 0 Å². The molecule has 2 amide bonds. The van der Waals surface area contributed by atoms with Crippen LogP contribution in [0.4, 0.5) is 13.2 Å². The van der Waals surface area contributed by atoms with Crippen LogP contribution in [-0.2, 0) is 16.0 Å². The molecular weight excluding hydrogens is 331 g/mol. The van der Waals surface area contributed by atoms with Gasteiger partial charge in [-0.25, -0.2) is 4.98 Å². The van der Waals surface area contributed by atoms with E-state index in [1.54, 1.807) is 0 Å². The highest BCUT2D eigenvalue weighted by Crippen LogP contribution is 2.21. The highest BCUT2D eigenvalue weighted by Gasteiger charge is 2.39. The highest BCUT2D eigenvalue weighted by molar-refractivity contribution is 7.09. The maximum atomic E-state index is 12.3. The number of nitrogens with zero attached hydrogens (tertiary/aromatic N) is 2. The summed E-state index contributed by atoms with van der Waals surface area (Å²) in [4.78, 5) is 28.7. The van der Waals surface area contributed by atoms with Crippen molar-refractivity contribution in [2.75, 3.05) is 13.1 Å². The molecule has 0 aromatic carbocycles. The van der Waals surface area contributed by atoms with Gasteiger partial charge in [0.15, 0.2) is 0 Å². The number of carbonyl (C=O) groups is 2. The fourth-order valence-electron chi connectivity index (χ4n) is 2.43. The average molecular weight is 349 g/mol. The zero-order chi connectivity index (χ0) is 17.0. The van der Waals surface area contributed by atoms with Crippen LogP contribution in [-0.4, -0.2) is 47.0 Å². The lowest BCUT2D eigenvalue weighted by molar-refractivity contribution is -0.158. The van der Waals surface area contributed by atoms with Crippen LogP contribution in [0.25, 0.3) is 0 Å². The molecule has 2 rings (SSSR count). The summed E-state index contributed by atoms with van der Waals surface area (Å²) in [5.41, 5.74) is 0.941. The minimum atomic E-state index is -4.42. The van der Waals surface area contributed by atoms with Gasteiger partial charge in [0.1, 0.15) is 12.6 Å². The fraction of sp³-hybridized carbons (Fsp3) is 0.643. The molecule has 0 bridgehead atoms. The Labute approximate surface area is 135 Å². The van der Waals surface area contributed by atoms with E-state index in [0.717, 1.165) is 15.6 Å². The molecule has 1 aliphatic heterocycles. The van der Waals surface area contributed by atoms with Crippen LogP contribution in [0.5, 0.6) is 0 Å². The quantitative estimate of drug-likeness (QED) is 0.855. The minimum Gasteiger partial charge on any atom is -0.344 e. The van der Waals surface area contributed by atoms with Crippen LogP contribution < -0.4 is 5.32 Å². The first kappa shape index (κ1) is 17.7. The number of aromatic nitrogens is 1. The van der Waals surface area contributed by atoms with Crippen molar-refractivity contribution in [3.63, 3.8) is 0 Å². The number of likely N-dealkylation sites (tertiary alicyclic amines) is 1. The van der Waals surface area contributed by atoms with Crippen molar-refractivity contribution in [2.24, 2.45) is 0 Å². The van der Waals surface area contributed by atoms with Crippen LogP contribution in [0, 0.1) is 6.92 Å². The van der Waals surface area contributed by atoms with Gasteiger partial charge in [0.2, 0.25) is 11.8 Å². The number of halogens is 3. The van der Waals surface area contributed by atoms with Crippen molar-refractivity contribution in [1.29, 1.82) is 0 Å². The number of thiazole rings is 1. The molecule has 0 unspecified atom stereocenters. The van der Waals surface area contributed by atoms with E-state index in [-0.39, 0.29) is 25.3 Å². The van der Waals surface area contributed by atoms with Gasteiger partial charge < -0.3 is 10.2 Å². The Morgan fingerprint density at radius 3 is 2.87 bits per heavy atom. The SMILES string of the molecule is Cc1csc(CCCC(=O)N[C@H]2CCN(CC(F)(F)F)C2=O)n1. The van der Waals surface area contributed by atoms with E-state index in [0.29, 0.717) is 12.8 Å². The Bertz CT molecular complexity index is 574. The normalized spacial score (nSPS) is 18.5. The molecule has 1 N–H and O–H groups in total. The highest BCUT2D eigenvalue weighted by atomic mass is 32.1. The minimum absolute atomic E-state index is 0.0156. The third-order valence-electron chi connectivity index (χ3n) is 3.46. The van der Waals surface area contributed by atoms with Crippen molar-refractivity contribution in [3.05, 3.63) is 16.1 Å². The Morgan fingerprint density at radius 1 is 1.52 bits per heavy atom. The van der Waals surface area contributed by atoms with E-state index in [2.05, 4.69) is 10.3 Å². The first-order chi connectivity index (χ1) is 10.7. The molecule has 1 atom stereocenters. The average Bonchev–Trinajstić information content (AvgIpc) is 2.98. The first-order valence-electron chi connectivity index (χ1n) is 7.30. The molecule has 0 radical (unpaired) electrons. The van der Waals surface area contributed by atoms with E-state index in [1.807, 2.05) is 12.3 Å². The van der Waals surface area contributed by atoms with Gasteiger partial charge in [-0.3, -0.25) is 9.59 Å². The van der Waals surface area contributed by atoms with Crippen molar-refractivity contribution in [1.82, 2.24) is 15.2 Å². The number of aryl methyl sites for hydroxylation is 2. The van der Waals surface area contributed by atoms with Gasteiger partial charge in [0.25, 0.3) is 0 Å². The largest absolute Gasteiger partial charge is 0.406 e. The number of hydrogen-bond acceptors (Lipinski definition) is 4. The van der Waals surface area contributed by atoms with Crippen LogP contribution >= 0.6 is 11.3 Å². The first-order valence-corrected chi connectivity index (χ1v) is 8.18. The lowest BCUT2D eigenvalue weighted by Crippen LogP contribution is -2.43. The number of carbonyl (C=O) groups excluding carboxylic acids is 2. The van der Waals surface area contributed by atoms with Crippen molar-refractivity contribution >= 4 is 23.2 Å². The van der Waals surface area contributed by atoms with Gasteiger partial charge in [-0.15, -0.1) is 11.3 Å². The van der Waals surface area contributed by atoms with Crippen molar-refractivity contribution in [3.8, 4) is 0 Å². The zero-order valence-corrected chi connectivity index (χ0v) is 13.5. The van der Waals surface area contributed by atoms with Gasteiger partial charge in [0, 0.05) is 24.0 Å². The molecular formula is C14H18F3N3O2S. The van der Waals surface area contributed by atoms with Crippen LogP contribution in [0.2, 0.25) is 0 Å². The Hall–Kier alpha value is -1.64. The summed E-state index contributed by atoms with van der Waals surface area (Å²) < 4.78 is 36.9. The fourth-order valence-corrected chi connectivity index (χ4v) is 3.25. The molecule has 0 aliphatic carbocycles. The van der Waals surface area contributed by atoms with Crippen LogP contribution in [0.1, 0.15) is 30.0 Å². The Morgan fingerprint density at radius 2 is 2.26 bits per heavy atom. The van der Waals surface area contributed by atoms with E-state index < -0.39 is 24.7 Å². The molecule has 9 heteroatoms. The van der Waals surface area contributed by atoms with E-state index in [1.165, 1.54) is 11.3 Å². The lowest BCUT2D eigenvalue weighted by Gasteiger charge is -2.18. The van der Waals surface area contributed by atoms with Gasteiger partial charge in [-0.2, -0.15) is 13.2 Å². The number of rotatable bonds is 6. The van der Waals surface area contributed by atoms with E-state index in [9.17, 15) is 22.8 Å². The lowest BCUT2D eigenvalue weighted by atomic mass is 10.2. The summed E-state index contributed by atoms with van der Waals surface area (Å²) in [5.74, 6) is -0.975. The number of hydrogen-bond donors (Lipinski definition) is 1. The number of amides is 2. The predicted octanol–water partition coefficient (Wildman–Crippen LogP) is 2.05. The second-order valence-electron chi connectivity index (χ2n) is 5.52. The predicted molar refractivity (Wildman–Crippen MR) is 79.0 cm³/mol. The molecule has 23 heavy (non-hydrogen) atoms. The second-order valence-corrected chi connectivity index (χ2v) is 6.46. The second kappa shape index (κ2) is 7.29. The summed E-state index contributed by atoms with van der Waals surface area (Å²) >= 11 is 1.53. The van der Waals surface area contributed by atoms with Gasteiger partial charge in [0.05, 0.1) is 5.01 Å². The zero-order valence-electron chi connectivity index (χ0n) is 12.7. The molecule has 0 saturated carbocycles. The molecule has 1 aliphatic rings. The van der Waals surface area contributed by atoms with E-state index >= 15 is 0 Å². The summed E-state index contributed by atoms with van der Waals surface area (Å²) in [6.07, 6.45) is -2.72. The summed E-state index contributed by atoms with van der Waals surface area (Å²) in [7, 11) is 0. The van der Waals surface area contributed by atoms with Crippen LogP contribution in [0.15, 0.2) is 5.38 Å². The molecule has 5 nitrogen and oxygen atoms in total. The Balaban J connectivity index is 1.72. The molecule has 2 heterocycles. The molecule has 1 fully saturated rings. The van der Waals surface area contributed by atoms with E-state index in [4.69, 9.17) is 0 Å². The molecule has 1 saturated heterocycles. The summed E-state index contributed by atoms with van der Waals surface area (Å²) in [6, 6.07) is -0.841. The maximum Gasteiger partial charge on any atom is 0.406 e. The Kier molecular flexibility index (Phi) is 5.61. The summed E-state index contributed by atoms with van der Waals surface area (Å²) in [6.45, 7) is 0.647. The van der Waals surface area contributed by atoms with Gasteiger partial charge in [-0.1, -0.05) is 0 Å². The van der Waals surface area contributed by atoms with Crippen molar-refractivity contribution < 1.29 is 22.8 Å². The smallest absolute Gasteiger partial charge is 0.344 e. The number of nitrogens with one attached hydrogen (secondary N) is 1. The van der Waals surface area contributed by atoms with Gasteiger partial charge >= 0.3 is 6.18 Å². The third-order valence-corrected chi connectivity index (χ3v) is 4.49. The maximum absolute atomic E-state index is 12.3. The molecule has 128 valence electrons. The number of alkyl halides is 3. The molecule has 1 aromatic heterocycles. The van der Waals surface area contributed by atoms with Crippen molar-refractivity contribution in [2.45, 2.75) is 44.8 Å².